The molecule has 0 aliphatic heterocycles. The number of aromatic nitrogens is 3. The fourth-order valence-corrected chi connectivity index (χ4v) is 3.71. The maximum atomic E-state index is 12.9. The van der Waals surface area contributed by atoms with Crippen molar-refractivity contribution < 1.29 is 0 Å². The summed E-state index contributed by atoms with van der Waals surface area (Å²) in [4.78, 5) is 19.6. The fraction of sp³-hybridized carbons (Fsp3) is 0.0909. The van der Waals surface area contributed by atoms with Crippen molar-refractivity contribution in [2.75, 3.05) is 19.0 Å². The molecule has 0 radical (unpaired) electrons. The average Bonchev–Trinajstić information content (AvgIpc) is 3.30. The molecular weight excluding hydrogens is 368 g/mol. The Morgan fingerprint density at radius 1 is 1.11 bits per heavy atom. The molecule has 4 rings (SSSR count). The van der Waals surface area contributed by atoms with Crippen molar-refractivity contribution in [3.05, 3.63) is 86.5 Å². The highest BCUT2D eigenvalue weighted by Crippen LogP contribution is 2.22. The zero-order valence-corrected chi connectivity index (χ0v) is 16.5. The molecule has 4 aromatic rings. The molecule has 0 saturated carbocycles. The van der Waals surface area contributed by atoms with E-state index in [1.54, 1.807) is 0 Å². The minimum atomic E-state index is -0.157. The van der Waals surface area contributed by atoms with Gasteiger partial charge in [-0.1, -0.05) is 49.0 Å². The number of nitrogens with one attached hydrogen (secondary N) is 1. The third-order valence-electron chi connectivity index (χ3n) is 4.48. The van der Waals surface area contributed by atoms with Crippen molar-refractivity contribution in [2.45, 2.75) is 0 Å². The summed E-state index contributed by atoms with van der Waals surface area (Å²) in [5, 5.41) is 6.69. The number of rotatable bonds is 4. The smallest absolute Gasteiger partial charge is 0.281 e. The van der Waals surface area contributed by atoms with Gasteiger partial charge >= 0.3 is 0 Å². The van der Waals surface area contributed by atoms with Crippen molar-refractivity contribution in [3.8, 4) is 16.4 Å². The Balaban J connectivity index is 1.73. The van der Waals surface area contributed by atoms with Gasteiger partial charge in [-0.25, -0.2) is 4.98 Å². The summed E-state index contributed by atoms with van der Waals surface area (Å²) in [6.45, 7) is 4.00. The number of H-pyrrole nitrogens is 1. The molecule has 0 aliphatic rings. The van der Waals surface area contributed by atoms with Gasteiger partial charge < -0.3 is 4.90 Å². The molecule has 0 aliphatic carbocycles. The van der Waals surface area contributed by atoms with Crippen LogP contribution < -0.4 is 21.0 Å². The lowest BCUT2D eigenvalue weighted by Crippen LogP contribution is -2.33. The van der Waals surface area contributed by atoms with E-state index in [2.05, 4.69) is 16.7 Å². The van der Waals surface area contributed by atoms with E-state index in [-0.39, 0.29) is 5.56 Å². The molecule has 0 saturated heterocycles. The van der Waals surface area contributed by atoms with E-state index in [0.29, 0.717) is 15.7 Å². The van der Waals surface area contributed by atoms with Crippen LogP contribution in [0.1, 0.15) is 5.56 Å². The van der Waals surface area contributed by atoms with Gasteiger partial charge in [0.15, 0.2) is 0 Å². The van der Waals surface area contributed by atoms with E-state index < -0.39 is 0 Å². The van der Waals surface area contributed by atoms with Gasteiger partial charge in [-0.05, 0) is 23.8 Å². The largest absolute Gasteiger partial charge is 0.378 e. The molecule has 140 valence electrons. The number of aromatic amines is 1. The molecule has 0 amide bonds. The fourth-order valence-electron chi connectivity index (χ4n) is 2.92. The predicted octanol–water partition coefficient (Wildman–Crippen LogP) is 2.59. The second-order valence-corrected chi connectivity index (χ2v) is 7.49. The molecule has 0 spiro atoms. The molecule has 2 aromatic heterocycles. The van der Waals surface area contributed by atoms with Crippen molar-refractivity contribution in [1.29, 1.82) is 0 Å². The number of nitrogens with zero attached hydrogens (tertiary/aromatic N) is 3. The van der Waals surface area contributed by atoms with Crippen LogP contribution >= 0.6 is 11.3 Å². The third kappa shape index (κ3) is 3.42. The summed E-state index contributed by atoms with van der Waals surface area (Å²) >= 11 is 1.42. The van der Waals surface area contributed by atoms with Crippen LogP contribution in [0.4, 0.5) is 5.69 Å². The molecule has 1 N–H and O–H groups in total. The third-order valence-corrected chi connectivity index (χ3v) is 5.30. The van der Waals surface area contributed by atoms with Crippen molar-refractivity contribution in [2.24, 2.45) is 0 Å². The van der Waals surface area contributed by atoms with Gasteiger partial charge in [0.1, 0.15) is 0 Å². The maximum Gasteiger partial charge on any atom is 0.281 e. The number of hydrogen-bond donors (Lipinski definition) is 1. The van der Waals surface area contributed by atoms with Crippen LogP contribution in [0.3, 0.4) is 0 Å². The Hall–Kier alpha value is -3.38. The topological polar surface area (TPSA) is 53.9 Å². The Labute approximate surface area is 166 Å². The second-order valence-electron chi connectivity index (χ2n) is 6.66. The minimum Gasteiger partial charge on any atom is -0.378 e. The highest BCUT2D eigenvalue weighted by Gasteiger charge is 2.10. The zero-order chi connectivity index (χ0) is 19.7. The van der Waals surface area contributed by atoms with Crippen molar-refractivity contribution in [1.82, 2.24) is 14.8 Å². The molecule has 0 unspecified atom stereocenters. The Kier molecular flexibility index (Phi) is 4.71. The van der Waals surface area contributed by atoms with E-state index in [1.165, 1.54) is 16.0 Å². The molecule has 0 atom stereocenters. The molecule has 6 heteroatoms. The van der Waals surface area contributed by atoms with Gasteiger partial charge in [0.2, 0.25) is 5.13 Å². The lowest BCUT2D eigenvalue weighted by atomic mass is 10.1. The Bertz CT molecular complexity index is 1260. The van der Waals surface area contributed by atoms with Gasteiger partial charge in [0.25, 0.3) is 5.56 Å². The molecule has 28 heavy (non-hydrogen) atoms. The van der Waals surface area contributed by atoms with E-state index >= 15 is 0 Å². The SMILES string of the molecule is C=c1[nH]n(-c2nc(-c3ccccc3)cs2)c(=O)/c1=C\c1ccc(N(C)C)cc1. The van der Waals surface area contributed by atoms with Crippen molar-refractivity contribution in [3.63, 3.8) is 0 Å². The van der Waals surface area contributed by atoms with Crippen LogP contribution in [0.25, 0.3) is 29.0 Å². The van der Waals surface area contributed by atoms with Crippen LogP contribution in [0.2, 0.25) is 0 Å². The van der Waals surface area contributed by atoms with E-state index in [9.17, 15) is 4.79 Å². The summed E-state index contributed by atoms with van der Waals surface area (Å²) in [6.07, 6.45) is 1.85. The van der Waals surface area contributed by atoms with Gasteiger partial charge in [-0.3, -0.25) is 9.89 Å². The molecule has 0 fully saturated rings. The minimum absolute atomic E-state index is 0.157. The van der Waals surface area contributed by atoms with Crippen LogP contribution in [0.5, 0.6) is 0 Å². The lowest BCUT2D eigenvalue weighted by Gasteiger charge is -2.11. The first-order valence-corrected chi connectivity index (χ1v) is 9.71. The Morgan fingerprint density at radius 2 is 1.82 bits per heavy atom. The first-order valence-electron chi connectivity index (χ1n) is 8.83. The monoisotopic (exact) mass is 388 g/mol. The summed E-state index contributed by atoms with van der Waals surface area (Å²) < 4.78 is 1.46. The number of hydrogen-bond acceptors (Lipinski definition) is 4. The van der Waals surface area contributed by atoms with Crippen LogP contribution in [0, 0.1) is 0 Å². The summed E-state index contributed by atoms with van der Waals surface area (Å²) in [5.41, 5.74) is 3.76. The summed E-state index contributed by atoms with van der Waals surface area (Å²) in [5.74, 6) is 0. The molecule has 2 heterocycles. The average molecular weight is 388 g/mol. The molecular formula is C22H20N4OS. The Morgan fingerprint density at radius 3 is 2.50 bits per heavy atom. The normalized spacial score (nSPS) is 11.7. The van der Waals surface area contributed by atoms with Gasteiger partial charge in [-0.2, -0.15) is 4.68 Å². The van der Waals surface area contributed by atoms with Crippen molar-refractivity contribution >= 4 is 29.7 Å². The standard InChI is InChI=1S/C22H20N4OS/c1-15-19(13-16-9-11-18(12-10-16)25(2)3)21(27)26(24-15)22-23-20(14-28-22)17-7-5-4-6-8-17/h4-14,24H,1H2,2-3H3/b19-13-. The second kappa shape index (κ2) is 7.32. The molecule has 2 aromatic carbocycles. The molecule has 0 bridgehead atoms. The van der Waals surface area contributed by atoms with E-state index in [1.807, 2.05) is 85.0 Å². The quantitative estimate of drug-likeness (QED) is 0.585. The first kappa shape index (κ1) is 18.0. The number of anilines is 1. The lowest BCUT2D eigenvalue weighted by molar-refractivity contribution is 0.830. The number of benzene rings is 2. The summed E-state index contributed by atoms with van der Waals surface area (Å²) in [6, 6.07) is 17.9. The van der Waals surface area contributed by atoms with Crippen LogP contribution in [-0.2, 0) is 0 Å². The zero-order valence-electron chi connectivity index (χ0n) is 15.7. The van der Waals surface area contributed by atoms with Crippen LogP contribution in [0.15, 0.2) is 64.8 Å². The van der Waals surface area contributed by atoms with Gasteiger partial charge in [0.05, 0.1) is 16.3 Å². The molecule has 5 nitrogen and oxygen atoms in total. The van der Waals surface area contributed by atoms with E-state index in [0.717, 1.165) is 22.5 Å². The summed E-state index contributed by atoms with van der Waals surface area (Å²) in [7, 11) is 3.99. The van der Waals surface area contributed by atoms with E-state index in [4.69, 9.17) is 0 Å². The number of thiazole rings is 1. The first-order chi connectivity index (χ1) is 13.5. The van der Waals surface area contributed by atoms with Gasteiger partial charge in [0, 0.05) is 30.7 Å². The van der Waals surface area contributed by atoms with Gasteiger partial charge in [-0.15, -0.1) is 11.3 Å². The highest BCUT2D eigenvalue weighted by atomic mass is 32.1. The maximum absolute atomic E-state index is 12.9. The van der Waals surface area contributed by atoms with Crippen LogP contribution in [-0.4, -0.2) is 28.9 Å². The highest BCUT2D eigenvalue weighted by molar-refractivity contribution is 7.12. The predicted molar refractivity (Wildman–Crippen MR) is 117 cm³/mol.